The summed E-state index contributed by atoms with van der Waals surface area (Å²) in [5.74, 6) is 0.672. The van der Waals surface area contributed by atoms with Crippen LogP contribution in [0.15, 0.2) is 29.5 Å². The third kappa shape index (κ3) is 2.02. The van der Waals surface area contributed by atoms with E-state index in [0.717, 1.165) is 5.56 Å². The summed E-state index contributed by atoms with van der Waals surface area (Å²) in [5.41, 5.74) is 1.14. The molecule has 0 N–H and O–H groups in total. The van der Waals surface area contributed by atoms with Crippen LogP contribution >= 0.6 is 11.6 Å². The van der Waals surface area contributed by atoms with Crippen LogP contribution in [0.1, 0.15) is 18.4 Å². The van der Waals surface area contributed by atoms with Crippen LogP contribution in [0.4, 0.5) is 5.69 Å². The molecule has 1 aromatic rings. The van der Waals surface area contributed by atoms with Gasteiger partial charge in [-0.3, -0.25) is 0 Å². The first-order valence-corrected chi connectivity index (χ1v) is 4.99. The molecule has 2 nitrogen and oxygen atoms in total. The molecule has 0 bridgehead atoms. The molecule has 0 saturated heterocycles. The number of allylic oxidation sites excluding steroid dienone is 1. The van der Waals surface area contributed by atoms with E-state index in [1.54, 1.807) is 18.2 Å². The maximum absolute atomic E-state index is 10.5. The molecule has 1 aromatic carbocycles. The summed E-state index contributed by atoms with van der Waals surface area (Å²) >= 11 is 5.96. The molecule has 0 amide bonds. The van der Waals surface area contributed by atoms with Crippen molar-refractivity contribution < 1.29 is 0 Å². The van der Waals surface area contributed by atoms with Crippen LogP contribution in [0.3, 0.4) is 0 Å². The Bertz CT molecular complexity index is 383. The standard InChI is InChI=1S/C11H10ClNO/c12-10-2-1-3-11(13-14)9(10)7-6-8-4-5-8/h1-3,6-8H,4-5H2/b7-6+. The minimum Gasteiger partial charge on any atom is -0.145 e. The highest BCUT2D eigenvalue weighted by Gasteiger charge is 2.17. The molecule has 14 heavy (non-hydrogen) atoms. The average Bonchev–Trinajstić information content (AvgIpc) is 2.99. The summed E-state index contributed by atoms with van der Waals surface area (Å²) in [7, 11) is 0. The number of hydrogen-bond donors (Lipinski definition) is 0. The fourth-order valence-electron chi connectivity index (χ4n) is 1.29. The van der Waals surface area contributed by atoms with Gasteiger partial charge in [0.25, 0.3) is 0 Å². The number of halogens is 1. The van der Waals surface area contributed by atoms with E-state index in [1.807, 2.05) is 6.08 Å². The van der Waals surface area contributed by atoms with Gasteiger partial charge in [0.1, 0.15) is 5.69 Å². The van der Waals surface area contributed by atoms with Gasteiger partial charge >= 0.3 is 0 Å². The van der Waals surface area contributed by atoms with Crippen LogP contribution in [0.5, 0.6) is 0 Å². The lowest BCUT2D eigenvalue weighted by molar-refractivity contribution is 1.13. The molecule has 0 spiro atoms. The molecule has 3 heteroatoms. The van der Waals surface area contributed by atoms with E-state index in [-0.39, 0.29) is 0 Å². The Balaban J connectivity index is 2.32. The summed E-state index contributed by atoms with van der Waals surface area (Å²) in [5, 5.41) is 3.53. The highest BCUT2D eigenvalue weighted by Crippen LogP contribution is 2.33. The fourth-order valence-corrected chi connectivity index (χ4v) is 1.52. The highest BCUT2D eigenvalue weighted by molar-refractivity contribution is 6.32. The Morgan fingerprint density at radius 1 is 1.43 bits per heavy atom. The van der Waals surface area contributed by atoms with Crippen molar-refractivity contribution in [3.63, 3.8) is 0 Å². The lowest BCUT2D eigenvalue weighted by atomic mass is 10.1. The lowest BCUT2D eigenvalue weighted by Crippen LogP contribution is -1.76. The van der Waals surface area contributed by atoms with Gasteiger partial charge in [-0.1, -0.05) is 29.8 Å². The minimum atomic E-state index is 0.411. The molecule has 0 aromatic heterocycles. The topological polar surface area (TPSA) is 29.4 Å². The predicted octanol–water partition coefficient (Wildman–Crippen LogP) is 4.16. The number of nitroso groups, excluding NO2 is 1. The first kappa shape index (κ1) is 9.41. The van der Waals surface area contributed by atoms with Gasteiger partial charge in [0.05, 0.1) is 5.02 Å². The van der Waals surface area contributed by atoms with Gasteiger partial charge in [-0.05, 0) is 36.1 Å². The molecule has 0 unspecified atom stereocenters. The smallest absolute Gasteiger partial charge is 0.116 e. The van der Waals surface area contributed by atoms with Gasteiger partial charge in [-0.15, -0.1) is 4.91 Å². The van der Waals surface area contributed by atoms with Gasteiger partial charge in [-0.25, -0.2) is 0 Å². The van der Waals surface area contributed by atoms with E-state index < -0.39 is 0 Å². The van der Waals surface area contributed by atoms with Crippen molar-refractivity contribution in [2.75, 3.05) is 0 Å². The minimum absolute atomic E-state index is 0.411. The van der Waals surface area contributed by atoms with Crippen LogP contribution in [-0.2, 0) is 0 Å². The number of hydrogen-bond acceptors (Lipinski definition) is 2. The Morgan fingerprint density at radius 2 is 2.21 bits per heavy atom. The summed E-state index contributed by atoms with van der Waals surface area (Å²) in [4.78, 5) is 10.5. The first-order chi connectivity index (χ1) is 6.81. The van der Waals surface area contributed by atoms with Crippen LogP contribution < -0.4 is 0 Å². The van der Waals surface area contributed by atoms with Crippen LogP contribution in [-0.4, -0.2) is 0 Å². The summed E-state index contributed by atoms with van der Waals surface area (Å²) in [6.45, 7) is 0. The van der Waals surface area contributed by atoms with Crippen LogP contribution in [0.25, 0.3) is 6.08 Å². The second-order valence-electron chi connectivity index (χ2n) is 3.46. The zero-order valence-electron chi connectivity index (χ0n) is 7.61. The zero-order valence-corrected chi connectivity index (χ0v) is 8.37. The second-order valence-corrected chi connectivity index (χ2v) is 3.87. The van der Waals surface area contributed by atoms with E-state index in [1.165, 1.54) is 12.8 Å². The SMILES string of the molecule is O=Nc1cccc(Cl)c1/C=C/C1CC1. The molecule has 0 heterocycles. The summed E-state index contributed by atoms with van der Waals surface area (Å²) in [6.07, 6.45) is 6.47. The van der Waals surface area contributed by atoms with Crippen molar-refractivity contribution in [1.82, 2.24) is 0 Å². The Hall–Kier alpha value is -1.15. The molecule has 0 atom stereocenters. The summed E-state index contributed by atoms with van der Waals surface area (Å²) in [6, 6.07) is 5.17. The van der Waals surface area contributed by atoms with Gasteiger partial charge in [0.15, 0.2) is 0 Å². The molecule has 2 rings (SSSR count). The van der Waals surface area contributed by atoms with Gasteiger partial charge in [0.2, 0.25) is 0 Å². The maximum Gasteiger partial charge on any atom is 0.116 e. The molecule has 0 aliphatic heterocycles. The highest BCUT2D eigenvalue weighted by atomic mass is 35.5. The normalized spacial score (nSPS) is 16.1. The van der Waals surface area contributed by atoms with E-state index in [4.69, 9.17) is 11.6 Å². The van der Waals surface area contributed by atoms with Crippen LogP contribution in [0, 0.1) is 10.8 Å². The number of rotatable bonds is 3. The van der Waals surface area contributed by atoms with E-state index in [0.29, 0.717) is 16.6 Å². The van der Waals surface area contributed by atoms with E-state index >= 15 is 0 Å². The van der Waals surface area contributed by atoms with Crippen molar-refractivity contribution in [2.45, 2.75) is 12.8 Å². The van der Waals surface area contributed by atoms with E-state index in [2.05, 4.69) is 11.3 Å². The average molecular weight is 208 g/mol. The van der Waals surface area contributed by atoms with Crippen molar-refractivity contribution in [3.8, 4) is 0 Å². The van der Waals surface area contributed by atoms with Crippen molar-refractivity contribution in [2.24, 2.45) is 11.1 Å². The third-order valence-electron chi connectivity index (χ3n) is 2.29. The molecule has 1 aliphatic rings. The monoisotopic (exact) mass is 207 g/mol. The molecule has 0 radical (unpaired) electrons. The predicted molar refractivity (Wildman–Crippen MR) is 58.7 cm³/mol. The molecule has 1 saturated carbocycles. The Labute approximate surface area is 87.6 Å². The van der Waals surface area contributed by atoms with Crippen molar-refractivity contribution >= 4 is 23.4 Å². The molecular formula is C11H10ClNO. The maximum atomic E-state index is 10.5. The molecule has 1 fully saturated rings. The van der Waals surface area contributed by atoms with E-state index in [9.17, 15) is 4.91 Å². The zero-order chi connectivity index (χ0) is 9.97. The Morgan fingerprint density at radius 3 is 2.86 bits per heavy atom. The first-order valence-electron chi connectivity index (χ1n) is 4.61. The largest absolute Gasteiger partial charge is 0.145 e. The fraction of sp³-hybridized carbons (Fsp3) is 0.273. The third-order valence-corrected chi connectivity index (χ3v) is 2.61. The Kier molecular flexibility index (Phi) is 2.64. The molecule has 1 aliphatic carbocycles. The lowest BCUT2D eigenvalue weighted by Gasteiger charge is -1.99. The summed E-state index contributed by atoms with van der Waals surface area (Å²) < 4.78 is 0. The quantitative estimate of drug-likeness (QED) is 0.685. The van der Waals surface area contributed by atoms with Gasteiger partial charge in [0, 0.05) is 5.56 Å². The van der Waals surface area contributed by atoms with Crippen molar-refractivity contribution in [1.29, 1.82) is 0 Å². The van der Waals surface area contributed by atoms with Gasteiger partial charge in [-0.2, -0.15) is 0 Å². The second kappa shape index (κ2) is 3.93. The number of benzene rings is 1. The molecule has 72 valence electrons. The number of nitrogens with zero attached hydrogens (tertiary/aromatic N) is 1. The van der Waals surface area contributed by atoms with Crippen molar-refractivity contribution in [3.05, 3.63) is 39.8 Å². The van der Waals surface area contributed by atoms with Crippen LogP contribution in [0.2, 0.25) is 5.02 Å². The van der Waals surface area contributed by atoms with Gasteiger partial charge < -0.3 is 0 Å². The molecular weight excluding hydrogens is 198 g/mol.